The highest BCUT2D eigenvalue weighted by Crippen LogP contribution is 2.23. The second kappa shape index (κ2) is 8.43. The molecule has 0 unspecified atom stereocenters. The molecule has 0 bridgehead atoms. The quantitative estimate of drug-likeness (QED) is 0.435. The predicted octanol–water partition coefficient (Wildman–Crippen LogP) is 3.93. The summed E-state index contributed by atoms with van der Waals surface area (Å²) in [5.41, 5.74) is 1.27. The molecule has 0 fully saturated rings. The Balaban J connectivity index is 2.33. The molecule has 0 spiro atoms. The Morgan fingerprint density at radius 1 is 1.40 bits per heavy atom. The standard InChI is InChI=1S/C17H18ClN3O4/c1-2-3-4-15-19-14(9-10-16(22)23)17(18)20(15)11-12-5-7-13(8-6-12)21(24)25/h5-10H,2-4,11H2,1H3,(H,22,23). The first-order chi connectivity index (χ1) is 11.9. The van der Waals surface area contributed by atoms with E-state index in [1.54, 1.807) is 16.7 Å². The van der Waals surface area contributed by atoms with Crippen LogP contribution in [0.1, 0.15) is 36.8 Å². The summed E-state index contributed by atoms with van der Waals surface area (Å²) in [6, 6.07) is 6.23. The number of non-ortho nitro benzene ring substituents is 1. The van der Waals surface area contributed by atoms with Gasteiger partial charge in [-0.3, -0.25) is 10.1 Å². The molecule has 0 atom stereocenters. The summed E-state index contributed by atoms with van der Waals surface area (Å²) in [6.45, 7) is 2.47. The summed E-state index contributed by atoms with van der Waals surface area (Å²) >= 11 is 6.37. The van der Waals surface area contributed by atoms with E-state index in [2.05, 4.69) is 11.9 Å². The summed E-state index contributed by atoms with van der Waals surface area (Å²) < 4.78 is 1.81. The van der Waals surface area contributed by atoms with Gasteiger partial charge < -0.3 is 9.67 Å². The third kappa shape index (κ3) is 4.90. The van der Waals surface area contributed by atoms with E-state index in [9.17, 15) is 14.9 Å². The lowest BCUT2D eigenvalue weighted by Crippen LogP contribution is -2.05. The lowest BCUT2D eigenvalue weighted by atomic mass is 10.2. The van der Waals surface area contributed by atoms with Crippen LogP contribution in [0.5, 0.6) is 0 Å². The second-order valence-corrected chi connectivity index (χ2v) is 5.85. The monoisotopic (exact) mass is 363 g/mol. The van der Waals surface area contributed by atoms with E-state index in [1.807, 2.05) is 0 Å². The van der Waals surface area contributed by atoms with E-state index >= 15 is 0 Å². The summed E-state index contributed by atoms with van der Waals surface area (Å²) in [5, 5.41) is 19.9. The molecule has 7 nitrogen and oxygen atoms in total. The number of nitro groups is 1. The van der Waals surface area contributed by atoms with Crippen molar-refractivity contribution in [2.45, 2.75) is 32.7 Å². The minimum Gasteiger partial charge on any atom is -0.478 e. The maximum absolute atomic E-state index is 10.7. The van der Waals surface area contributed by atoms with Crippen molar-refractivity contribution < 1.29 is 14.8 Å². The van der Waals surface area contributed by atoms with Crippen LogP contribution in [0.25, 0.3) is 6.08 Å². The maximum Gasteiger partial charge on any atom is 0.328 e. The van der Waals surface area contributed by atoms with Gasteiger partial charge in [-0.25, -0.2) is 9.78 Å². The van der Waals surface area contributed by atoms with Gasteiger partial charge in [0.1, 0.15) is 16.7 Å². The van der Waals surface area contributed by atoms with Gasteiger partial charge in [0, 0.05) is 24.6 Å². The fourth-order valence-corrected chi connectivity index (χ4v) is 2.61. The Kier molecular flexibility index (Phi) is 6.30. The van der Waals surface area contributed by atoms with Crippen LogP contribution in [-0.4, -0.2) is 25.6 Å². The van der Waals surface area contributed by atoms with Gasteiger partial charge in [-0.1, -0.05) is 37.1 Å². The summed E-state index contributed by atoms with van der Waals surface area (Å²) in [6.07, 6.45) is 4.99. The van der Waals surface area contributed by atoms with Crippen molar-refractivity contribution in [2.75, 3.05) is 0 Å². The number of rotatable bonds is 8. The lowest BCUT2D eigenvalue weighted by molar-refractivity contribution is -0.384. The molecule has 0 aliphatic heterocycles. The first-order valence-corrected chi connectivity index (χ1v) is 8.19. The molecule has 2 aromatic rings. The first-order valence-electron chi connectivity index (χ1n) is 7.81. The Bertz CT molecular complexity index is 797. The number of nitrogens with zero attached hydrogens (tertiary/aromatic N) is 3. The molecule has 2 rings (SSSR count). The van der Waals surface area contributed by atoms with E-state index in [0.717, 1.165) is 30.3 Å². The number of carbonyl (C=O) groups is 1. The second-order valence-electron chi connectivity index (χ2n) is 5.49. The predicted molar refractivity (Wildman–Crippen MR) is 94.7 cm³/mol. The van der Waals surface area contributed by atoms with Crippen molar-refractivity contribution in [3.63, 3.8) is 0 Å². The molecule has 0 amide bonds. The van der Waals surface area contributed by atoms with Crippen LogP contribution in [-0.2, 0) is 17.8 Å². The Hall–Kier alpha value is -2.67. The SMILES string of the molecule is CCCCc1nc(C=CC(=O)O)c(Cl)n1Cc1ccc([N+](=O)[O-])cc1. The van der Waals surface area contributed by atoms with Gasteiger partial charge in [-0.15, -0.1) is 0 Å². The van der Waals surface area contributed by atoms with Gasteiger partial charge >= 0.3 is 5.97 Å². The van der Waals surface area contributed by atoms with Gasteiger partial charge in [0.15, 0.2) is 0 Å². The molecule has 0 saturated carbocycles. The van der Waals surface area contributed by atoms with E-state index < -0.39 is 10.9 Å². The minimum absolute atomic E-state index is 0.0248. The normalized spacial score (nSPS) is 11.1. The van der Waals surface area contributed by atoms with Gasteiger partial charge in [-0.2, -0.15) is 0 Å². The fraction of sp³-hybridized carbons (Fsp3) is 0.294. The van der Waals surface area contributed by atoms with Crippen LogP contribution in [0.2, 0.25) is 5.15 Å². The number of halogens is 1. The lowest BCUT2D eigenvalue weighted by Gasteiger charge is -2.09. The van der Waals surface area contributed by atoms with Crippen LogP contribution in [0, 0.1) is 10.1 Å². The Morgan fingerprint density at radius 2 is 2.08 bits per heavy atom. The summed E-state index contributed by atoms with van der Waals surface area (Å²) in [5.74, 6) is -0.314. The molecule has 132 valence electrons. The number of carboxylic acid groups (broad SMARTS) is 1. The number of imidazole rings is 1. The van der Waals surface area contributed by atoms with Crippen molar-refractivity contribution >= 4 is 29.3 Å². The summed E-state index contributed by atoms with van der Waals surface area (Å²) in [4.78, 5) is 25.4. The first kappa shape index (κ1) is 18.7. The van der Waals surface area contributed by atoms with Gasteiger partial charge in [0.25, 0.3) is 5.69 Å². The molecule has 1 heterocycles. The smallest absolute Gasteiger partial charge is 0.328 e. The topological polar surface area (TPSA) is 98.3 Å². The number of hydrogen-bond donors (Lipinski definition) is 1. The summed E-state index contributed by atoms with van der Waals surface area (Å²) in [7, 11) is 0. The van der Waals surface area contributed by atoms with Crippen LogP contribution in [0.3, 0.4) is 0 Å². The zero-order chi connectivity index (χ0) is 18.4. The molecule has 25 heavy (non-hydrogen) atoms. The molecule has 1 N–H and O–H groups in total. The number of aryl methyl sites for hydroxylation is 1. The maximum atomic E-state index is 10.7. The zero-order valence-electron chi connectivity index (χ0n) is 13.7. The molecule has 0 aliphatic rings. The zero-order valence-corrected chi connectivity index (χ0v) is 14.4. The number of nitro benzene ring substituents is 1. The average Bonchev–Trinajstić information content (AvgIpc) is 2.87. The molecule has 0 aliphatic carbocycles. The van der Waals surface area contributed by atoms with Crippen molar-refractivity contribution in [1.29, 1.82) is 0 Å². The number of hydrogen-bond acceptors (Lipinski definition) is 4. The van der Waals surface area contributed by atoms with E-state index in [0.29, 0.717) is 23.8 Å². The number of benzene rings is 1. The largest absolute Gasteiger partial charge is 0.478 e. The van der Waals surface area contributed by atoms with E-state index in [1.165, 1.54) is 18.2 Å². The molecule has 1 aromatic heterocycles. The number of carboxylic acids is 1. The van der Waals surface area contributed by atoms with Crippen molar-refractivity contribution in [3.05, 3.63) is 62.7 Å². The molecule has 1 aromatic carbocycles. The highest BCUT2D eigenvalue weighted by molar-refractivity contribution is 6.31. The average molecular weight is 364 g/mol. The van der Waals surface area contributed by atoms with Gasteiger partial charge in [0.05, 0.1) is 11.5 Å². The molecular weight excluding hydrogens is 346 g/mol. The fourth-order valence-electron chi connectivity index (χ4n) is 2.35. The third-order valence-corrected chi connectivity index (χ3v) is 4.03. The van der Waals surface area contributed by atoms with Crippen molar-refractivity contribution in [1.82, 2.24) is 9.55 Å². The van der Waals surface area contributed by atoms with Gasteiger partial charge in [-0.05, 0) is 18.1 Å². The van der Waals surface area contributed by atoms with Crippen LogP contribution >= 0.6 is 11.6 Å². The highest BCUT2D eigenvalue weighted by atomic mass is 35.5. The molecule has 8 heteroatoms. The Labute approximate surface area is 149 Å². The van der Waals surface area contributed by atoms with Crippen LogP contribution in [0.4, 0.5) is 5.69 Å². The Morgan fingerprint density at radius 3 is 2.64 bits per heavy atom. The van der Waals surface area contributed by atoms with Crippen molar-refractivity contribution in [3.8, 4) is 0 Å². The highest BCUT2D eigenvalue weighted by Gasteiger charge is 2.15. The van der Waals surface area contributed by atoms with Crippen LogP contribution in [0.15, 0.2) is 30.3 Å². The van der Waals surface area contributed by atoms with Crippen molar-refractivity contribution in [2.24, 2.45) is 0 Å². The molecular formula is C17H18ClN3O4. The number of aromatic nitrogens is 2. The minimum atomic E-state index is -1.07. The molecule has 0 radical (unpaired) electrons. The van der Waals surface area contributed by atoms with Gasteiger partial charge in [0.2, 0.25) is 0 Å². The van der Waals surface area contributed by atoms with Crippen LogP contribution < -0.4 is 0 Å². The third-order valence-electron chi connectivity index (χ3n) is 3.63. The number of unbranched alkanes of at least 4 members (excludes halogenated alkanes) is 1. The molecule has 0 saturated heterocycles. The van der Waals surface area contributed by atoms with E-state index in [-0.39, 0.29) is 5.69 Å². The van der Waals surface area contributed by atoms with E-state index in [4.69, 9.17) is 16.7 Å². The number of aliphatic carboxylic acids is 1.